The third-order valence-corrected chi connectivity index (χ3v) is 2.50. The first-order chi connectivity index (χ1) is 7.17. The first kappa shape index (κ1) is 12.2. The van der Waals surface area contributed by atoms with Crippen molar-refractivity contribution in [1.82, 2.24) is 5.32 Å². The summed E-state index contributed by atoms with van der Waals surface area (Å²) in [5, 5.41) is 2.84. The van der Waals surface area contributed by atoms with Gasteiger partial charge in [0.15, 0.2) is 5.78 Å². The second-order valence-electron chi connectivity index (χ2n) is 3.20. The monoisotopic (exact) mass is 271 g/mol. The number of ether oxygens (including phenoxy) is 1. The third kappa shape index (κ3) is 3.64. The van der Waals surface area contributed by atoms with E-state index in [4.69, 9.17) is 4.74 Å². The SMILES string of the molecule is CNCC(=O)Cc1cc(Br)ccc1OC. The minimum atomic E-state index is 0.147. The van der Waals surface area contributed by atoms with Crippen molar-refractivity contribution in [2.75, 3.05) is 20.7 Å². The van der Waals surface area contributed by atoms with E-state index in [0.717, 1.165) is 15.8 Å². The molecule has 0 atom stereocenters. The minimum Gasteiger partial charge on any atom is -0.496 e. The molecule has 0 radical (unpaired) electrons. The van der Waals surface area contributed by atoms with Crippen molar-refractivity contribution in [3.05, 3.63) is 28.2 Å². The number of nitrogens with one attached hydrogen (secondary N) is 1. The van der Waals surface area contributed by atoms with Crippen LogP contribution < -0.4 is 10.1 Å². The number of Topliss-reactive ketones (excluding diaryl/α,β-unsaturated/α-hetero) is 1. The Balaban J connectivity index is 2.82. The van der Waals surface area contributed by atoms with Crippen LogP contribution in [-0.4, -0.2) is 26.5 Å². The summed E-state index contributed by atoms with van der Waals surface area (Å²) in [6, 6.07) is 5.66. The lowest BCUT2D eigenvalue weighted by molar-refractivity contribution is -0.117. The van der Waals surface area contributed by atoms with Gasteiger partial charge in [-0.2, -0.15) is 0 Å². The number of likely N-dealkylation sites (N-methyl/N-ethyl adjacent to an activating group) is 1. The van der Waals surface area contributed by atoms with Crippen LogP contribution in [0.15, 0.2) is 22.7 Å². The zero-order chi connectivity index (χ0) is 11.3. The number of hydrogen-bond donors (Lipinski definition) is 1. The van der Waals surface area contributed by atoms with Gasteiger partial charge in [-0.05, 0) is 25.2 Å². The Morgan fingerprint density at radius 1 is 1.53 bits per heavy atom. The Hall–Kier alpha value is -0.870. The molecule has 0 spiro atoms. The van der Waals surface area contributed by atoms with Crippen LogP contribution in [0.3, 0.4) is 0 Å². The molecule has 0 saturated carbocycles. The summed E-state index contributed by atoms with van der Waals surface area (Å²) in [5.41, 5.74) is 0.909. The van der Waals surface area contributed by atoms with Crippen LogP contribution in [0, 0.1) is 0 Å². The van der Waals surface area contributed by atoms with Crippen molar-refractivity contribution in [1.29, 1.82) is 0 Å². The van der Waals surface area contributed by atoms with Crippen molar-refractivity contribution in [2.24, 2.45) is 0 Å². The summed E-state index contributed by atoms with van der Waals surface area (Å²) in [6.45, 7) is 0.385. The molecule has 0 unspecified atom stereocenters. The maximum atomic E-state index is 11.5. The Kier molecular flexibility index (Phi) is 4.78. The zero-order valence-electron chi connectivity index (χ0n) is 8.84. The van der Waals surface area contributed by atoms with Crippen LogP contribution >= 0.6 is 15.9 Å². The van der Waals surface area contributed by atoms with E-state index < -0.39 is 0 Å². The highest BCUT2D eigenvalue weighted by Crippen LogP contribution is 2.23. The van der Waals surface area contributed by atoms with Crippen molar-refractivity contribution in [3.63, 3.8) is 0 Å². The average molecular weight is 272 g/mol. The second-order valence-corrected chi connectivity index (χ2v) is 4.12. The van der Waals surface area contributed by atoms with E-state index in [1.165, 1.54) is 0 Å². The van der Waals surface area contributed by atoms with Gasteiger partial charge in [0.1, 0.15) is 5.75 Å². The van der Waals surface area contributed by atoms with E-state index in [9.17, 15) is 4.79 Å². The van der Waals surface area contributed by atoms with Gasteiger partial charge >= 0.3 is 0 Å². The van der Waals surface area contributed by atoms with Crippen LogP contribution in [0.2, 0.25) is 0 Å². The lowest BCUT2D eigenvalue weighted by Crippen LogP contribution is -2.20. The molecule has 0 aliphatic carbocycles. The molecule has 1 rings (SSSR count). The van der Waals surface area contributed by atoms with Crippen molar-refractivity contribution < 1.29 is 9.53 Å². The normalized spacial score (nSPS) is 10.1. The van der Waals surface area contributed by atoms with Gasteiger partial charge in [0.05, 0.1) is 13.7 Å². The van der Waals surface area contributed by atoms with Crippen LogP contribution in [-0.2, 0) is 11.2 Å². The van der Waals surface area contributed by atoms with Gasteiger partial charge in [0, 0.05) is 16.5 Å². The topological polar surface area (TPSA) is 38.3 Å². The van der Waals surface area contributed by atoms with Gasteiger partial charge in [-0.25, -0.2) is 0 Å². The Bertz CT molecular complexity index is 352. The maximum Gasteiger partial charge on any atom is 0.151 e. The van der Waals surface area contributed by atoms with Crippen LogP contribution in [0.5, 0.6) is 5.75 Å². The van der Waals surface area contributed by atoms with E-state index >= 15 is 0 Å². The van der Waals surface area contributed by atoms with Crippen LogP contribution in [0.25, 0.3) is 0 Å². The third-order valence-electron chi connectivity index (χ3n) is 2.00. The minimum absolute atomic E-state index is 0.147. The number of hydrogen-bond acceptors (Lipinski definition) is 3. The molecular formula is C11H14BrNO2. The smallest absolute Gasteiger partial charge is 0.151 e. The molecule has 82 valence electrons. The number of methoxy groups -OCH3 is 1. The van der Waals surface area contributed by atoms with Gasteiger partial charge in [-0.3, -0.25) is 4.79 Å². The molecule has 0 aliphatic heterocycles. The molecule has 0 amide bonds. The van der Waals surface area contributed by atoms with Gasteiger partial charge in [-0.15, -0.1) is 0 Å². The fraction of sp³-hybridized carbons (Fsp3) is 0.364. The first-order valence-electron chi connectivity index (χ1n) is 4.66. The standard InChI is InChI=1S/C11H14BrNO2/c1-13-7-10(14)6-8-5-9(12)3-4-11(8)15-2/h3-5,13H,6-7H2,1-2H3. The summed E-state index contributed by atoms with van der Waals surface area (Å²) in [5.74, 6) is 0.900. The van der Waals surface area contributed by atoms with Crippen molar-refractivity contribution in [3.8, 4) is 5.75 Å². The van der Waals surface area contributed by atoms with Gasteiger partial charge < -0.3 is 10.1 Å². The molecule has 0 bridgehead atoms. The Morgan fingerprint density at radius 3 is 2.87 bits per heavy atom. The highest BCUT2D eigenvalue weighted by molar-refractivity contribution is 9.10. The number of halogens is 1. The lowest BCUT2D eigenvalue weighted by Gasteiger charge is -2.08. The van der Waals surface area contributed by atoms with Gasteiger partial charge in [-0.1, -0.05) is 15.9 Å². The van der Waals surface area contributed by atoms with E-state index in [1.54, 1.807) is 14.2 Å². The van der Waals surface area contributed by atoms with Crippen LogP contribution in [0.4, 0.5) is 0 Å². The largest absolute Gasteiger partial charge is 0.496 e. The molecular weight excluding hydrogens is 258 g/mol. The molecule has 0 aromatic heterocycles. The molecule has 1 aromatic rings. The molecule has 1 N–H and O–H groups in total. The molecule has 1 aromatic carbocycles. The molecule has 0 heterocycles. The highest BCUT2D eigenvalue weighted by Gasteiger charge is 2.08. The molecule has 0 fully saturated rings. The summed E-state index contributed by atoms with van der Waals surface area (Å²) in [7, 11) is 3.37. The molecule has 3 nitrogen and oxygen atoms in total. The number of rotatable bonds is 5. The molecule has 0 saturated heterocycles. The number of benzene rings is 1. The maximum absolute atomic E-state index is 11.5. The Morgan fingerprint density at radius 2 is 2.27 bits per heavy atom. The van der Waals surface area contributed by atoms with Gasteiger partial charge in [0.2, 0.25) is 0 Å². The van der Waals surface area contributed by atoms with E-state index in [2.05, 4.69) is 21.2 Å². The summed E-state index contributed by atoms with van der Waals surface area (Å²) < 4.78 is 6.14. The fourth-order valence-electron chi connectivity index (χ4n) is 1.36. The second kappa shape index (κ2) is 5.88. The van der Waals surface area contributed by atoms with E-state index in [-0.39, 0.29) is 5.78 Å². The lowest BCUT2D eigenvalue weighted by atomic mass is 10.1. The predicted molar refractivity (Wildman–Crippen MR) is 63.3 cm³/mol. The van der Waals surface area contributed by atoms with Gasteiger partial charge in [0.25, 0.3) is 0 Å². The van der Waals surface area contributed by atoms with E-state index in [0.29, 0.717) is 13.0 Å². The summed E-state index contributed by atoms with van der Waals surface area (Å²) >= 11 is 3.37. The van der Waals surface area contributed by atoms with Crippen LogP contribution in [0.1, 0.15) is 5.56 Å². The number of ketones is 1. The number of carbonyl (C=O) groups excluding carboxylic acids is 1. The zero-order valence-corrected chi connectivity index (χ0v) is 10.4. The average Bonchev–Trinajstić information content (AvgIpc) is 2.18. The van der Waals surface area contributed by atoms with Crippen molar-refractivity contribution in [2.45, 2.75) is 6.42 Å². The summed E-state index contributed by atoms with van der Waals surface area (Å²) in [4.78, 5) is 11.5. The highest BCUT2D eigenvalue weighted by atomic mass is 79.9. The fourth-order valence-corrected chi connectivity index (χ4v) is 1.77. The molecule has 15 heavy (non-hydrogen) atoms. The quantitative estimate of drug-likeness (QED) is 0.888. The predicted octanol–water partition coefficient (Wildman–Crippen LogP) is 1.79. The summed E-state index contributed by atoms with van der Waals surface area (Å²) in [6.07, 6.45) is 0.392. The molecule has 0 aliphatic rings. The van der Waals surface area contributed by atoms with Crippen molar-refractivity contribution >= 4 is 21.7 Å². The first-order valence-corrected chi connectivity index (χ1v) is 5.45. The molecule has 4 heteroatoms. The number of carbonyl (C=O) groups is 1. The Labute approximate surface area is 97.9 Å². The van der Waals surface area contributed by atoms with E-state index in [1.807, 2.05) is 18.2 Å².